The second-order valence-electron chi connectivity index (χ2n) is 7.03. The molecule has 3 saturated heterocycles. The molecule has 4 aliphatic rings. The highest BCUT2D eigenvalue weighted by Crippen LogP contribution is 2.44. The Morgan fingerprint density at radius 3 is 2.55 bits per heavy atom. The molecule has 114 valence electrons. The van der Waals surface area contributed by atoms with E-state index in [0.29, 0.717) is 17.9 Å². The van der Waals surface area contributed by atoms with Gasteiger partial charge in [-0.05, 0) is 24.8 Å². The number of pyridine rings is 1. The highest BCUT2D eigenvalue weighted by Gasteiger charge is 2.48. The summed E-state index contributed by atoms with van der Waals surface area (Å²) in [4.78, 5) is 7.14. The van der Waals surface area contributed by atoms with Crippen molar-refractivity contribution < 1.29 is 4.74 Å². The summed E-state index contributed by atoms with van der Waals surface area (Å²) in [7, 11) is 0. The molecule has 1 N–H and O–H groups in total. The number of piperidine rings is 3. The van der Waals surface area contributed by atoms with Gasteiger partial charge in [-0.1, -0.05) is 0 Å². The molecule has 2 aromatic rings. The first-order valence-corrected chi connectivity index (χ1v) is 8.19. The molecular formula is C17H20N4O. The lowest BCUT2D eigenvalue weighted by atomic mass is 9.66. The van der Waals surface area contributed by atoms with Crippen molar-refractivity contribution in [1.29, 1.82) is 0 Å². The van der Waals surface area contributed by atoms with E-state index < -0.39 is 0 Å². The van der Waals surface area contributed by atoms with Crippen LogP contribution in [0.2, 0.25) is 0 Å². The second-order valence-corrected chi connectivity index (χ2v) is 7.03. The van der Waals surface area contributed by atoms with Crippen LogP contribution in [0.25, 0.3) is 11.1 Å². The molecule has 0 amide bonds. The van der Waals surface area contributed by atoms with Crippen molar-refractivity contribution in [3.8, 4) is 17.0 Å². The second kappa shape index (κ2) is 4.81. The molecule has 3 aliphatic heterocycles. The van der Waals surface area contributed by atoms with Gasteiger partial charge in [-0.2, -0.15) is 5.10 Å². The molecule has 4 fully saturated rings. The number of H-pyrrole nitrogens is 1. The molecule has 4 bridgehead atoms. The quantitative estimate of drug-likeness (QED) is 0.943. The summed E-state index contributed by atoms with van der Waals surface area (Å²) in [5.74, 6) is 3.07. The molecular weight excluding hydrogens is 276 g/mol. The molecule has 5 heteroatoms. The highest BCUT2D eigenvalue weighted by atomic mass is 16.5. The van der Waals surface area contributed by atoms with Crippen LogP contribution in [0.1, 0.15) is 12.8 Å². The largest absolute Gasteiger partial charge is 0.474 e. The van der Waals surface area contributed by atoms with Gasteiger partial charge in [-0.15, -0.1) is 0 Å². The van der Waals surface area contributed by atoms with Crippen molar-refractivity contribution in [1.82, 2.24) is 20.1 Å². The van der Waals surface area contributed by atoms with Crippen LogP contribution in [0, 0.1) is 17.8 Å². The third-order valence-electron chi connectivity index (χ3n) is 5.53. The van der Waals surface area contributed by atoms with Crippen LogP contribution < -0.4 is 4.74 Å². The third kappa shape index (κ3) is 2.03. The molecule has 2 atom stereocenters. The fraction of sp³-hybridized carbons (Fsp3) is 0.529. The van der Waals surface area contributed by atoms with Crippen LogP contribution in [0.3, 0.4) is 0 Å². The van der Waals surface area contributed by atoms with Crippen LogP contribution in [-0.2, 0) is 0 Å². The van der Waals surface area contributed by atoms with E-state index in [4.69, 9.17) is 4.74 Å². The Kier molecular flexibility index (Phi) is 2.77. The fourth-order valence-electron chi connectivity index (χ4n) is 4.73. The topological polar surface area (TPSA) is 54.0 Å². The Labute approximate surface area is 129 Å². The fourth-order valence-corrected chi connectivity index (χ4v) is 4.73. The minimum Gasteiger partial charge on any atom is -0.474 e. The average molecular weight is 296 g/mol. The van der Waals surface area contributed by atoms with E-state index >= 15 is 0 Å². The average Bonchev–Trinajstić information content (AvgIpc) is 3.05. The molecule has 0 aromatic carbocycles. The van der Waals surface area contributed by atoms with Crippen LogP contribution in [0.5, 0.6) is 5.88 Å². The SMILES string of the molecule is c1cc(OC2C3CC4CC2CN(C4)C3)ncc1-c1cn[nH]c1. The van der Waals surface area contributed by atoms with Gasteiger partial charge >= 0.3 is 0 Å². The van der Waals surface area contributed by atoms with Crippen LogP contribution in [0.4, 0.5) is 0 Å². The van der Waals surface area contributed by atoms with Gasteiger partial charge in [0.05, 0.1) is 6.20 Å². The highest BCUT2D eigenvalue weighted by molar-refractivity contribution is 5.60. The number of nitrogens with one attached hydrogen (secondary N) is 1. The van der Waals surface area contributed by atoms with Gasteiger partial charge in [0.15, 0.2) is 0 Å². The molecule has 1 saturated carbocycles. The first-order valence-electron chi connectivity index (χ1n) is 8.19. The van der Waals surface area contributed by atoms with E-state index in [9.17, 15) is 0 Å². The minimum atomic E-state index is 0.361. The Balaban J connectivity index is 1.34. The predicted octanol–water partition coefficient (Wildman–Crippen LogP) is 2.19. The molecule has 6 rings (SSSR count). The Morgan fingerprint density at radius 2 is 1.91 bits per heavy atom. The number of hydrogen-bond acceptors (Lipinski definition) is 4. The lowest BCUT2D eigenvalue weighted by molar-refractivity contribution is -0.0997. The Hall–Kier alpha value is -1.88. The van der Waals surface area contributed by atoms with Gasteiger partial charge in [0.25, 0.3) is 0 Å². The molecule has 0 radical (unpaired) electrons. The van der Waals surface area contributed by atoms with Crippen LogP contribution >= 0.6 is 0 Å². The molecule has 2 unspecified atom stereocenters. The molecule has 5 heterocycles. The standard InChI is InChI=1S/C17H20N4O/c1-2-16(18-5-12(1)15-6-19-20-7-15)22-17-13-3-11-4-14(17)10-21(8-11)9-13/h1-2,5-7,11,13-14,17H,3-4,8-10H2,(H,19,20). The van der Waals surface area contributed by atoms with Crippen molar-refractivity contribution >= 4 is 0 Å². The first-order chi connectivity index (χ1) is 10.8. The monoisotopic (exact) mass is 296 g/mol. The summed E-state index contributed by atoms with van der Waals surface area (Å²) in [5, 5.41) is 6.81. The van der Waals surface area contributed by atoms with Crippen LogP contribution in [-0.4, -0.2) is 45.8 Å². The zero-order valence-electron chi connectivity index (χ0n) is 12.5. The Bertz CT molecular complexity index is 624. The molecule has 5 nitrogen and oxygen atoms in total. The third-order valence-corrected chi connectivity index (χ3v) is 5.53. The molecule has 22 heavy (non-hydrogen) atoms. The van der Waals surface area contributed by atoms with E-state index in [2.05, 4.69) is 26.1 Å². The molecule has 2 aromatic heterocycles. The number of aromatic amines is 1. The van der Waals surface area contributed by atoms with Gasteiger partial charge in [0, 0.05) is 61.1 Å². The van der Waals surface area contributed by atoms with Crippen LogP contribution in [0.15, 0.2) is 30.7 Å². The van der Waals surface area contributed by atoms with Gasteiger partial charge in [0.2, 0.25) is 5.88 Å². The summed E-state index contributed by atoms with van der Waals surface area (Å²) in [6, 6.07) is 4.06. The molecule has 0 spiro atoms. The van der Waals surface area contributed by atoms with Crippen molar-refractivity contribution in [3.05, 3.63) is 30.7 Å². The summed E-state index contributed by atoms with van der Waals surface area (Å²) in [5.41, 5.74) is 2.12. The summed E-state index contributed by atoms with van der Waals surface area (Å²) < 4.78 is 6.30. The van der Waals surface area contributed by atoms with E-state index in [1.807, 2.05) is 24.7 Å². The zero-order chi connectivity index (χ0) is 14.5. The number of hydrogen-bond donors (Lipinski definition) is 1. The van der Waals surface area contributed by atoms with Crippen molar-refractivity contribution in [2.75, 3.05) is 19.6 Å². The summed E-state index contributed by atoms with van der Waals surface area (Å²) in [6.07, 6.45) is 8.60. The van der Waals surface area contributed by atoms with Crippen molar-refractivity contribution in [2.45, 2.75) is 18.9 Å². The van der Waals surface area contributed by atoms with Crippen molar-refractivity contribution in [3.63, 3.8) is 0 Å². The number of aromatic nitrogens is 3. The first kappa shape index (κ1) is 12.6. The lowest BCUT2D eigenvalue weighted by Gasteiger charge is -2.55. The van der Waals surface area contributed by atoms with Gasteiger partial charge < -0.3 is 9.64 Å². The maximum Gasteiger partial charge on any atom is 0.213 e. The van der Waals surface area contributed by atoms with E-state index in [0.717, 1.165) is 22.9 Å². The van der Waals surface area contributed by atoms with Gasteiger partial charge in [-0.3, -0.25) is 5.10 Å². The van der Waals surface area contributed by atoms with Gasteiger partial charge in [-0.25, -0.2) is 4.98 Å². The van der Waals surface area contributed by atoms with E-state index in [-0.39, 0.29) is 0 Å². The number of ether oxygens (including phenoxy) is 1. The summed E-state index contributed by atoms with van der Waals surface area (Å²) in [6.45, 7) is 3.74. The van der Waals surface area contributed by atoms with Gasteiger partial charge in [0.1, 0.15) is 6.10 Å². The summed E-state index contributed by atoms with van der Waals surface area (Å²) >= 11 is 0. The maximum atomic E-state index is 6.30. The number of nitrogens with zero attached hydrogens (tertiary/aromatic N) is 3. The zero-order valence-corrected chi connectivity index (χ0v) is 12.5. The predicted molar refractivity (Wildman–Crippen MR) is 82.4 cm³/mol. The smallest absolute Gasteiger partial charge is 0.213 e. The van der Waals surface area contributed by atoms with E-state index in [1.165, 1.54) is 32.5 Å². The lowest BCUT2D eigenvalue weighted by Crippen LogP contribution is -2.61. The van der Waals surface area contributed by atoms with Crippen molar-refractivity contribution in [2.24, 2.45) is 17.8 Å². The normalized spacial score (nSPS) is 35.7. The number of rotatable bonds is 3. The Morgan fingerprint density at radius 1 is 1.05 bits per heavy atom. The molecule has 1 aliphatic carbocycles. The van der Waals surface area contributed by atoms with E-state index in [1.54, 1.807) is 0 Å². The minimum absolute atomic E-state index is 0.361. The maximum absolute atomic E-state index is 6.30.